The number of hydrogen-bond donors (Lipinski definition) is 6. The van der Waals surface area contributed by atoms with Gasteiger partial charge < -0.3 is 32.3 Å². The summed E-state index contributed by atoms with van der Waals surface area (Å²) in [5, 5.41) is 11.2. The predicted molar refractivity (Wildman–Crippen MR) is 248 cm³/mol. The Balaban J connectivity index is 0.000000219. The number of hydrogen-bond acceptors (Lipinski definition) is 6. The molecular formula is C48H42F6N10O3. The second-order valence-electron chi connectivity index (χ2n) is 14.4. The molecule has 4 heterocycles. The number of imidazole rings is 2. The lowest BCUT2D eigenvalue weighted by Crippen LogP contribution is -2.36. The molecule has 0 atom stereocenters. The molecule has 0 aliphatic heterocycles. The molecule has 0 saturated carbocycles. The first kappa shape index (κ1) is 47.9. The number of nitrogen functional groups attached to an aromatic ring is 1. The van der Waals surface area contributed by atoms with E-state index < -0.39 is 37.5 Å². The molecule has 0 spiro atoms. The molecule has 19 heteroatoms. The molecular weight excluding hydrogens is 879 g/mol. The number of nitrogens with two attached hydrogens (primary N) is 1. The summed E-state index contributed by atoms with van der Waals surface area (Å²) in [6.07, 6.45) is -0.719. The molecule has 67 heavy (non-hydrogen) atoms. The van der Waals surface area contributed by atoms with Gasteiger partial charge in [0.05, 0.1) is 23.8 Å². The molecule has 8 rings (SSSR count). The van der Waals surface area contributed by atoms with E-state index in [-0.39, 0.29) is 13.3 Å². The molecule has 8 aromatic rings. The van der Waals surface area contributed by atoms with Gasteiger partial charge in [-0.3, -0.25) is 13.6 Å². The van der Waals surface area contributed by atoms with E-state index in [0.717, 1.165) is 39.2 Å². The highest BCUT2D eigenvalue weighted by Gasteiger charge is 2.28. The average Bonchev–Trinajstić information content (AvgIpc) is 3.92. The fourth-order valence-electron chi connectivity index (χ4n) is 6.74. The Morgan fingerprint density at radius 3 is 1.52 bits per heavy atom. The second kappa shape index (κ2) is 20.5. The van der Waals surface area contributed by atoms with Gasteiger partial charge in [-0.05, 0) is 77.9 Å². The molecule has 0 unspecified atom stereocenters. The van der Waals surface area contributed by atoms with Crippen molar-refractivity contribution in [2.45, 2.75) is 19.8 Å². The first-order valence-corrected chi connectivity index (χ1v) is 19.8. The van der Waals surface area contributed by atoms with E-state index in [0.29, 0.717) is 39.6 Å². The lowest BCUT2D eigenvalue weighted by Gasteiger charge is -2.12. The van der Waals surface area contributed by atoms with Crippen LogP contribution in [-0.2, 0) is 4.79 Å². The van der Waals surface area contributed by atoms with Gasteiger partial charge in [0.1, 0.15) is 24.4 Å². The first-order chi connectivity index (χ1) is 31.5. The van der Waals surface area contributed by atoms with Crippen molar-refractivity contribution in [1.82, 2.24) is 29.4 Å². The highest BCUT2D eigenvalue weighted by molar-refractivity contribution is 6.02. The second-order valence-corrected chi connectivity index (χ2v) is 14.4. The van der Waals surface area contributed by atoms with E-state index >= 15 is 0 Å². The maximum Gasteiger partial charge on any atom is 0.405 e. The number of nitrogens with one attached hydrogen (secondary N) is 5. The molecule has 7 N–H and O–H groups in total. The van der Waals surface area contributed by atoms with E-state index in [1.54, 1.807) is 71.6 Å². The fourth-order valence-corrected chi connectivity index (χ4v) is 6.74. The Bertz CT molecular complexity index is 3070. The molecule has 4 aromatic heterocycles. The maximum absolute atomic E-state index is 12.3. The summed E-state index contributed by atoms with van der Waals surface area (Å²) in [6.45, 7) is 0.650. The number of amides is 5. The van der Waals surface area contributed by atoms with E-state index in [1.807, 2.05) is 94.0 Å². The zero-order chi connectivity index (χ0) is 47.0. The Morgan fingerprint density at radius 2 is 1.04 bits per heavy atom. The van der Waals surface area contributed by atoms with Crippen LogP contribution in [0.1, 0.15) is 7.43 Å². The van der Waals surface area contributed by atoms with Crippen molar-refractivity contribution in [2.75, 3.05) is 34.8 Å². The summed E-state index contributed by atoms with van der Waals surface area (Å²) in [5.41, 5.74) is 15.8. The van der Waals surface area contributed by atoms with Crippen LogP contribution in [0.3, 0.4) is 0 Å². The molecule has 4 aromatic carbocycles. The van der Waals surface area contributed by atoms with Crippen molar-refractivity contribution >= 4 is 52.0 Å². The molecule has 0 aliphatic carbocycles. The van der Waals surface area contributed by atoms with Crippen molar-refractivity contribution in [3.05, 3.63) is 159 Å². The van der Waals surface area contributed by atoms with Crippen LogP contribution in [-0.4, -0.2) is 62.2 Å². The van der Waals surface area contributed by atoms with Gasteiger partial charge in [-0.1, -0.05) is 74.7 Å². The van der Waals surface area contributed by atoms with E-state index in [1.165, 1.54) is 6.08 Å². The van der Waals surface area contributed by atoms with Crippen molar-refractivity contribution < 1.29 is 40.7 Å². The summed E-state index contributed by atoms with van der Waals surface area (Å²) in [6, 6.07) is 34.1. The molecule has 0 radical (unpaired) electrons. The van der Waals surface area contributed by atoms with Gasteiger partial charge in [0.2, 0.25) is 5.91 Å². The minimum Gasteiger partial charge on any atom is -0.398 e. The van der Waals surface area contributed by atoms with Gasteiger partial charge in [0, 0.05) is 57.4 Å². The lowest BCUT2D eigenvalue weighted by atomic mass is 10.0. The van der Waals surface area contributed by atoms with Crippen molar-refractivity contribution in [1.29, 1.82) is 0 Å². The topological polar surface area (TPSA) is 172 Å². The smallest absolute Gasteiger partial charge is 0.398 e. The minimum atomic E-state index is -4.49. The van der Waals surface area contributed by atoms with Gasteiger partial charge in [-0.25, -0.2) is 19.6 Å². The number of para-hydroxylation sites is 2. The third kappa shape index (κ3) is 12.4. The Kier molecular flexibility index (Phi) is 14.6. The molecule has 344 valence electrons. The van der Waals surface area contributed by atoms with Crippen LogP contribution in [0.4, 0.5) is 58.7 Å². The van der Waals surface area contributed by atoms with Crippen LogP contribution >= 0.6 is 0 Å². The number of halogens is 6. The molecule has 0 bridgehead atoms. The van der Waals surface area contributed by atoms with Crippen LogP contribution in [0, 0.1) is 0 Å². The normalized spacial score (nSPS) is 11.1. The summed E-state index contributed by atoms with van der Waals surface area (Å²) in [4.78, 5) is 44.2. The number of rotatable bonds is 10. The van der Waals surface area contributed by atoms with Crippen LogP contribution in [0.5, 0.6) is 0 Å². The molecule has 0 aliphatic rings. The van der Waals surface area contributed by atoms with E-state index in [2.05, 4.69) is 32.5 Å². The number of alkyl halides is 6. The Morgan fingerprint density at radius 1 is 0.582 bits per heavy atom. The molecule has 13 nitrogen and oxygen atoms in total. The van der Waals surface area contributed by atoms with Crippen LogP contribution < -0.4 is 32.3 Å². The predicted octanol–water partition coefficient (Wildman–Crippen LogP) is 11.0. The number of carbonyl (C=O) groups is 3. The van der Waals surface area contributed by atoms with Crippen LogP contribution in [0.25, 0.3) is 56.1 Å². The van der Waals surface area contributed by atoms with Gasteiger partial charge in [-0.15, -0.1) is 0 Å². The fraction of sp³-hybridized carbons (Fsp3) is 0.104. The quantitative estimate of drug-likeness (QED) is 0.0453. The van der Waals surface area contributed by atoms with Crippen LogP contribution in [0.15, 0.2) is 159 Å². The summed E-state index contributed by atoms with van der Waals surface area (Å²) >= 11 is 0. The van der Waals surface area contributed by atoms with Gasteiger partial charge in [-0.2, -0.15) is 26.3 Å². The third-order valence-electron chi connectivity index (χ3n) is 9.71. The number of fused-ring (bicyclic) bond motifs is 2. The number of carbonyl (C=O) groups excluding carboxylic acids is 3. The largest absolute Gasteiger partial charge is 0.405 e. The zero-order valence-electron chi connectivity index (χ0n) is 34.4. The van der Waals surface area contributed by atoms with Crippen molar-refractivity contribution in [2.24, 2.45) is 0 Å². The van der Waals surface area contributed by atoms with E-state index in [4.69, 9.17) is 5.73 Å². The number of nitrogens with zero attached hydrogens (tertiary/aromatic N) is 4. The SMILES string of the molecule is C.C=CC(=O)Nc1ccccc1-c1ccn2c(-c3cccc(NC(=O)NCC(F)(F)F)c3)cnc2c1.Nc1ccccc1-c1ccn2c(-c3cccc(NC(=O)NCC(F)(F)F)c3)cnc2c1. The number of anilines is 4. The molecule has 5 amide bonds. The first-order valence-electron chi connectivity index (χ1n) is 19.8. The minimum absolute atomic E-state index is 0. The highest BCUT2D eigenvalue weighted by Crippen LogP contribution is 2.32. The lowest BCUT2D eigenvalue weighted by molar-refractivity contribution is -0.123. The van der Waals surface area contributed by atoms with Gasteiger partial charge >= 0.3 is 24.4 Å². The Hall–Kier alpha value is -8.61. The van der Waals surface area contributed by atoms with Gasteiger partial charge in [0.25, 0.3) is 0 Å². The standard InChI is InChI=1S/C25H20F3N5O2.C22H18F3N5O.CH4/c1-2-23(34)32-20-9-4-3-8-19(20)16-10-11-33-21(14-29-22(33)13-16)17-6-5-7-18(12-17)31-24(35)30-15-25(26,27)28;23-22(24,25)13-28-21(31)29-16-5-3-4-15(10-16)19-12-27-20-11-14(8-9-30(19)20)17-6-1-2-7-18(17)26;/h2-14H,1,15H2,(H,32,34)(H2,30,31,35);1-12H,13,26H2,(H2,28,29,31);1H4. The summed E-state index contributed by atoms with van der Waals surface area (Å²) in [7, 11) is 0. The average molecular weight is 921 g/mol. The Labute approximate surface area is 379 Å². The number of pyridine rings is 2. The zero-order valence-corrected chi connectivity index (χ0v) is 34.4. The molecule has 0 fully saturated rings. The third-order valence-corrected chi connectivity index (χ3v) is 9.71. The van der Waals surface area contributed by atoms with Crippen LogP contribution in [0.2, 0.25) is 0 Å². The monoisotopic (exact) mass is 920 g/mol. The molecule has 0 saturated heterocycles. The van der Waals surface area contributed by atoms with Crippen molar-refractivity contribution in [3.63, 3.8) is 0 Å². The van der Waals surface area contributed by atoms with Crippen molar-refractivity contribution in [3.8, 4) is 44.8 Å². The number of benzene rings is 4. The summed E-state index contributed by atoms with van der Waals surface area (Å²) < 4.78 is 77.4. The van der Waals surface area contributed by atoms with Gasteiger partial charge in [0.15, 0.2) is 0 Å². The highest BCUT2D eigenvalue weighted by atomic mass is 19.4. The van der Waals surface area contributed by atoms with E-state index in [9.17, 15) is 40.7 Å². The number of urea groups is 2. The number of aromatic nitrogens is 4. The maximum atomic E-state index is 12.3. The summed E-state index contributed by atoms with van der Waals surface area (Å²) in [5.74, 6) is -0.317.